The highest BCUT2D eigenvalue weighted by atomic mass is 31.2. The molecule has 1 unspecified atom stereocenters. The molecular weight excluding hydrogens is 323 g/mol. The van der Waals surface area contributed by atoms with Crippen molar-refractivity contribution in [3.8, 4) is 5.75 Å². The molecule has 0 bridgehead atoms. The van der Waals surface area contributed by atoms with Gasteiger partial charge >= 0.3 is 13.3 Å². The van der Waals surface area contributed by atoms with Crippen LogP contribution in [0.5, 0.6) is 5.75 Å². The molecule has 0 radical (unpaired) electrons. The number of nitrogens with zero attached hydrogens (tertiary/aromatic N) is 2. The van der Waals surface area contributed by atoms with Gasteiger partial charge < -0.3 is 19.6 Å². The number of nitro groups is 2. The Bertz CT molecular complexity index is 614. The molecule has 1 rings (SSSR count). The minimum atomic E-state index is -4.37. The summed E-state index contributed by atoms with van der Waals surface area (Å²) >= 11 is 0. The van der Waals surface area contributed by atoms with Gasteiger partial charge in [0.15, 0.2) is 5.75 Å². The van der Waals surface area contributed by atoms with Gasteiger partial charge in [-0.15, -0.1) is 0 Å². The average Bonchev–Trinajstić information content (AvgIpc) is 2.36. The normalized spacial score (nSPS) is 12.7. The van der Waals surface area contributed by atoms with Gasteiger partial charge in [0, 0.05) is 12.5 Å². The summed E-state index contributed by atoms with van der Waals surface area (Å²) in [5.74, 6) is -0.237. The van der Waals surface area contributed by atoms with Crippen molar-refractivity contribution in [3.63, 3.8) is 0 Å². The second kappa shape index (κ2) is 7.27. The van der Waals surface area contributed by atoms with Crippen molar-refractivity contribution in [1.29, 1.82) is 0 Å². The summed E-state index contributed by atoms with van der Waals surface area (Å²) in [6.07, 6.45) is -2.25. The second-order valence-corrected chi connectivity index (χ2v) is 6.00. The van der Waals surface area contributed by atoms with Crippen molar-refractivity contribution in [2.45, 2.75) is 12.5 Å². The van der Waals surface area contributed by atoms with Gasteiger partial charge in [0.25, 0.3) is 5.69 Å². The minimum absolute atomic E-state index is 0.167. The molecule has 0 spiro atoms. The van der Waals surface area contributed by atoms with Crippen LogP contribution in [0.15, 0.2) is 18.2 Å². The standard InChI is InChI=1S/C10H13N2O9P/c13-8(6-22(18,19)20)3-4-21-10-2-1-7(11(14)15)5-9(10)12(16)17/h1-2,5,8,13H,3-4,6H2,(H2,18,19,20). The lowest BCUT2D eigenvalue weighted by Crippen LogP contribution is -2.16. The molecule has 0 aliphatic heterocycles. The molecule has 1 aromatic carbocycles. The molecule has 0 saturated carbocycles. The Morgan fingerprint density at radius 1 is 1.23 bits per heavy atom. The topological polar surface area (TPSA) is 173 Å². The molecule has 1 aromatic rings. The van der Waals surface area contributed by atoms with Crippen LogP contribution in [0, 0.1) is 20.2 Å². The third-order valence-electron chi connectivity index (χ3n) is 2.51. The van der Waals surface area contributed by atoms with Gasteiger partial charge in [-0.05, 0) is 6.07 Å². The first-order chi connectivity index (χ1) is 10.1. The fourth-order valence-corrected chi connectivity index (χ4v) is 2.29. The zero-order valence-electron chi connectivity index (χ0n) is 11.1. The monoisotopic (exact) mass is 336 g/mol. The first-order valence-corrected chi connectivity index (χ1v) is 7.68. The SMILES string of the molecule is O=[N+]([O-])c1ccc(OCCC(O)CP(=O)(O)O)c([N+](=O)[O-])c1. The predicted molar refractivity (Wildman–Crippen MR) is 72.8 cm³/mol. The fourth-order valence-electron chi connectivity index (χ4n) is 1.55. The Morgan fingerprint density at radius 2 is 1.86 bits per heavy atom. The second-order valence-electron chi connectivity index (χ2n) is 4.30. The summed E-state index contributed by atoms with van der Waals surface area (Å²) in [5.41, 5.74) is -1.08. The van der Waals surface area contributed by atoms with Crippen molar-refractivity contribution >= 4 is 19.0 Å². The number of aliphatic hydroxyl groups is 1. The molecule has 0 amide bonds. The quantitative estimate of drug-likeness (QED) is 0.352. The summed E-state index contributed by atoms with van der Waals surface area (Å²) in [6, 6.07) is 2.81. The van der Waals surface area contributed by atoms with Crippen molar-refractivity contribution in [2.24, 2.45) is 0 Å². The summed E-state index contributed by atoms with van der Waals surface area (Å²) in [4.78, 5) is 37.1. The van der Waals surface area contributed by atoms with Crippen molar-refractivity contribution < 1.29 is 34.0 Å². The molecule has 0 aliphatic carbocycles. The Kier molecular flexibility index (Phi) is 5.94. The van der Waals surface area contributed by atoms with E-state index >= 15 is 0 Å². The van der Waals surface area contributed by atoms with E-state index in [1.54, 1.807) is 0 Å². The number of aliphatic hydroxyl groups excluding tert-OH is 1. The Hall–Kier alpha value is -2.07. The fraction of sp³-hybridized carbons (Fsp3) is 0.400. The van der Waals surface area contributed by atoms with E-state index in [0.717, 1.165) is 18.2 Å². The van der Waals surface area contributed by atoms with E-state index in [1.807, 2.05) is 0 Å². The number of benzene rings is 1. The van der Waals surface area contributed by atoms with Gasteiger partial charge in [-0.3, -0.25) is 24.8 Å². The number of hydrogen-bond donors (Lipinski definition) is 3. The highest BCUT2D eigenvalue weighted by Crippen LogP contribution is 2.35. The first-order valence-electron chi connectivity index (χ1n) is 5.88. The summed E-state index contributed by atoms with van der Waals surface area (Å²) < 4.78 is 15.7. The first kappa shape index (κ1) is 18.0. The van der Waals surface area contributed by atoms with E-state index in [-0.39, 0.29) is 18.8 Å². The highest BCUT2D eigenvalue weighted by Gasteiger charge is 2.22. The summed E-state index contributed by atoms with van der Waals surface area (Å²) in [6.45, 7) is -0.250. The lowest BCUT2D eigenvalue weighted by atomic mass is 10.2. The Labute approximate surface area is 123 Å². The van der Waals surface area contributed by atoms with Crippen LogP contribution in [0.3, 0.4) is 0 Å². The molecule has 0 saturated heterocycles. The van der Waals surface area contributed by atoms with Crippen molar-refractivity contribution in [1.82, 2.24) is 0 Å². The number of ether oxygens (including phenoxy) is 1. The van der Waals surface area contributed by atoms with E-state index in [2.05, 4.69) is 0 Å². The zero-order valence-corrected chi connectivity index (χ0v) is 12.0. The molecule has 0 aliphatic rings. The molecule has 0 heterocycles. The van der Waals surface area contributed by atoms with Crippen LogP contribution in [-0.4, -0.2) is 43.6 Å². The van der Waals surface area contributed by atoms with Gasteiger partial charge in [0.1, 0.15) is 0 Å². The van der Waals surface area contributed by atoms with E-state index in [0.29, 0.717) is 0 Å². The third-order valence-corrected chi connectivity index (χ3v) is 3.40. The minimum Gasteiger partial charge on any atom is -0.487 e. The molecule has 0 fully saturated rings. The van der Waals surface area contributed by atoms with Crippen molar-refractivity contribution in [3.05, 3.63) is 38.4 Å². The number of nitro benzene ring substituents is 2. The number of hydrogen-bond acceptors (Lipinski definition) is 7. The Morgan fingerprint density at radius 3 is 2.36 bits per heavy atom. The third kappa shape index (κ3) is 5.74. The molecule has 22 heavy (non-hydrogen) atoms. The highest BCUT2D eigenvalue weighted by molar-refractivity contribution is 7.51. The predicted octanol–water partition coefficient (Wildman–Crippen LogP) is 0.810. The maximum Gasteiger partial charge on any atom is 0.328 e. The van der Waals surface area contributed by atoms with Crippen LogP contribution in [0.4, 0.5) is 11.4 Å². The summed E-state index contributed by atoms with van der Waals surface area (Å²) in [5, 5.41) is 30.8. The molecule has 1 atom stereocenters. The smallest absolute Gasteiger partial charge is 0.328 e. The number of non-ortho nitro benzene ring substituents is 1. The largest absolute Gasteiger partial charge is 0.487 e. The van der Waals surface area contributed by atoms with Crippen molar-refractivity contribution in [2.75, 3.05) is 12.8 Å². The zero-order chi connectivity index (χ0) is 16.9. The van der Waals surface area contributed by atoms with E-state index < -0.39 is 41.1 Å². The maximum absolute atomic E-state index is 10.8. The average molecular weight is 336 g/mol. The van der Waals surface area contributed by atoms with Crippen LogP contribution in [-0.2, 0) is 4.57 Å². The van der Waals surface area contributed by atoms with Gasteiger partial charge in [-0.25, -0.2) is 0 Å². The van der Waals surface area contributed by atoms with Crippen LogP contribution < -0.4 is 4.74 Å². The molecule has 3 N–H and O–H groups in total. The van der Waals surface area contributed by atoms with Gasteiger partial charge in [-0.2, -0.15) is 0 Å². The molecule has 11 nitrogen and oxygen atoms in total. The lowest BCUT2D eigenvalue weighted by molar-refractivity contribution is -0.394. The van der Waals surface area contributed by atoms with Gasteiger partial charge in [-0.1, -0.05) is 0 Å². The van der Waals surface area contributed by atoms with E-state index in [9.17, 15) is 29.9 Å². The number of rotatable bonds is 8. The molecular formula is C10H13N2O9P. The molecule has 12 heteroatoms. The maximum atomic E-state index is 10.8. The van der Waals surface area contributed by atoms with E-state index in [4.69, 9.17) is 14.5 Å². The van der Waals surface area contributed by atoms with Crippen LogP contribution in [0.2, 0.25) is 0 Å². The van der Waals surface area contributed by atoms with E-state index in [1.165, 1.54) is 0 Å². The lowest BCUT2D eigenvalue weighted by Gasteiger charge is -2.12. The van der Waals surface area contributed by atoms with Gasteiger partial charge in [0.05, 0.1) is 34.8 Å². The van der Waals surface area contributed by atoms with Gasteiger partial charge in [0.2, 0.25) is 0 Å². The summed E-state index contributed by atoms with van der Waals surface area (Å²) in [7, 11) is -4.37. The van der Waals surface area contributed by atoms with Crippen LogP contribution in [0.1, 0.15) is 6.42 Å². The molecule has 0 aromatic heterocycles. The Balaban J connectivity index is 2.71. The van der Waals surface area contributed by atoms with Crippen LogP contribution in [0.25, 0.3) is 0 Å². The van der Waals surface area contributed by atoms with Crippen LogP contribution >= 0.6 is 7.60 Å². The molecule has 122 valence electrons.